The molecule has 3 N–H and O–H groups in total. The Labute approximate surface area is 167 Å². The number of nitro benzene ring substituents is 1. The summed E-state index contributed by atoms with van der Waals surface area (Å²) < 4.78 is 13.8. The van der Waals surface area contributed by atoms with E-state index in [1.165, 1.54) is 30.3 Å². The number of anilines is 1. The van der Waals surface area contributed by atoms with Crippen molar-refractivity contribution >= 4 is 23.2 Å². The maximum Gasteiger partial charge on any atom is 0.292 e. The molecule has 0 aliphatic heterocycles. The number of para-hydroxylation sites is 2. The van der Waals surface area contributed by atoms with Gasteiger partial charge < -0.3 is 16.0 Å². The Kier molecular flexibility index (Phi) is 7.64. The Morgan fingerprint density at radius 3 is 2.38 bits per heavy atom. The van der Waals surface area contributed by atoms with Crippen LogP contribution in [0.15, 0.2) is 48.5 Å². The van der Waals surface area contributed by atoms with Gasteiger partial charge in [0, 0.05) is 19.2 Å². The number of hydrogen-bond acceptors (Lipinski definition) is 5. The van der Waals surface area contributed by atoms with E-state index in [2.05, 4.69) is 16.0 Å². The van der Waals surface area contributed by atoms with Crippen molar-refractivity contribution in [2.45, 2.75) is 19.9 Å². The van der Waals surface area contributed by atoms with Gasteiger partial charge in [-0.25, -0.2) is 4.39 Å². The van der Waals surface area contributed by atoms with Gasteiger partial charge in [0.2, 0.25) is 5.91 Å². The first-order valence-electron chi connectivity index (χ1n) is 9.11. The highest BCUT2D eigenvalue weighted by Gasteiger charge is 2.25. The van der Waals surface area contributed by atoms with Crippen molar-refractivity contribution in [3.63, 3.8) is 0 Å². The molecule has 2 aromatic rings. The highest BCUT2D eigenvalue weighted by Crippen LogP contribution is 2.22. The molecule has 0 bridgehead atoms. The maximum atomic E-state index is 13.8. The first kappa shape index (κ1) is 21.8. The van der Waals surface area contributed by atoms with E-state index in [9.17, 15) is 24.1 Å². The number of nitrogens with one attached hydrogen (secondary N) is 3. The molecule has 0 spiro atoms. The lowest BCUT2D eigenvalue weighted by atomic mass is 10.0. The van der Waals surface area contributed by atoms with Gasteiger partial charge in [-0.1, -0.05) is 38.1 Å². The zero-order valence-electron chi connectivity index (χ0n) is 16.1. The Morgan fingerprint density at radius 2 is 1.72 bits per heavy atom. The van der Waals surface area contributed by atoms with Crippen LogP contribution in [0.5, 0.6) is 0 Å². The number of nitro groups is 1. The van der Waals surface area contributed by atoms with Crippen molar-refractivity contribution in [1.82, 2.24) is 10.6 Å². The number of halogens is 1. The van der Waals surface area contributed by atoms with Crippen LogP contribution in [0, 0.1) is 21.8 Å². The minimum atomic E-state index is -0.854. The molecule has 0 heterocycles. The van der Waals surface area contributed by atoms with E-state index in [1.807, 2.05) is 0 Å². The highest BCUT2D eigenvalue weighted by molar-refractivity contribution is 5.97. The van der Waals surface area contributed by atoms with Crippen LogP contribution in [-0.2, 0) is 4.79 Å². The van der Waals surface area contributed by atoms with E-state index in [4.69, 9.17) is 0 Å². The zero-order chi connectivity index (χ0) is 21.4. The molecule has 154 valence electrons. The van der Waals surface area contributed by atoms with Crippen molar-refractivity contribution < 1.29 is 18.9 Å². The highest BCUT2D eigenvalue weighted by atomic mass is 19.1. The van der Waals surface area contributed by atoms with Crippen LogP contribution in [0.2, 0.25) is 0 Å². The summed E-state index contributed by atoms with van der Waals surface area (Å²) in [6, 6.07) is 10.9. The lowest BCUT2D eigenvalue weighted by molar-refractivity contribution is -0.384. The third-order valence-corrected chi connectivity index (χ3v) is 4.19. The van der Waals surface area contributed by atoms with E-state index in [1.54, 1.807) is 32.0 Å². The first-order chi connectivity index (χ1) is 13.8. The predicted molar refractivity (Wildman–Crippen MR) is 107 cm³/mol. The van der Waals surface area contributed by atoms with E-state index >= 15 is 0 Å². The van der Waals surface area contributed by atoms with E-state index in [0.717, 1.165) is 0 Å². The topological polar surface area (TPSA) is 113 Å². The lowest BCUT2D eigenvalue weighted by Gasteiger charge is -2.22. The number of nitrogens with zero attached hydrogens (tertiary/aromatic N) is 1. The molecule has 0 fully saturated rings. The average Bonchev–Trinajstić information content (AvgIpc) is 2.69. The van der Waals surface area contributed by atoms with Gasteiger partial charge in [-0.2, -0.15) is 0 Å². The summed E-state index contributed by atoms with van der Waals surface area (Å²) in [5.74, 6) is -1.99. The van der Waals surface area contributed by atoms with Crippen LogP contribution < -0.4 is 16.0 Å². The molecule has 29 heavy (non-hydrogen) atoms. The second-order valence-electron chi connectivity index (χ2n) is 6.67. The number of amides is 2. The van der Waals surface area contributed by atoms with Crippen molar-refractivity contribution in [3.05, 3.63) is 70.0 Å². The van der Waals surface area contributed by atoms with Gasteiger partial charge in [0.1, 0.15) is 17.5 Å². The third kappa shape index (κ3) is 6.00. The monoisotopic (exact) mass is 402 g/mol. The van der Waals surface area contributed by atoms with Crippen molar-refractivity contribution in [3.8, 4) is 0 Å². The van der Waals surface area contributed by atoms with E-state index in [-0.39, 0.29) is 30.3 Å². The Morgan fingerprint density at radius 1 is 1.07 bits per heavy atom. The number of carbonyl (C=O) groups is 2. The Bertz CT molecular complexity index is 888. The number of hydrogen-bond donors (Lipinski definition) is 3. The van der Waals surface area contributed by atoms with Gasteiger partial charge in [-0.3, -0.25) is 19.7 Å². The fraction of sp³-hybridized carbons (Fsp3) is 0.300. The van der Waals surface area contributed by atoms with Gasteiger partial charge in [0.15, 0.2) is 0 Å². The fourth-order valence-corrected chi connectivity index (χ4v) is 2.67. The van der Waals surface area contributed by atoms with Crippen LogP contribution in [0.25, 0.3) is 0 Å². The number of carbonyl (C=O) groups excluding carboxylic acids is 2. The summed E-state index contributed by atoms with van der Waals surface area (Å²) >= 11 is 0. The fourth-order valence-electron chi connectivity index (χ4n) is 2.67. The predicted octanol–water partition coefficient (Wildman–Crippen LogP) is 2.72. The molecular weight excluding hydrogens is 379 g/mol. The maximum absolute atomic E-state index is 13.8. The van der Waals surface area contributed by atoms with Gasteiger partial charge in [0.25, 0.3) is 11.6 Å². The summed E-state index contributed by atoms with van der Waals surface area (Å²) in [5, 5.41) is 19.1. The smallest absolute Gasteiger partial charge is 0.292 e. The molecule has 0 aromatic heterocycles. The zero-order valence-corrected chi connectivity index (χ0v) is 16.1. The summed E-state index contributed by atoms with van der Waals surface area (Å²) in [7, 11) is 0. The summed E-state index contributed by atoms with van der Waals surface area (Å²) in [6.07, 6.45) is 0. The summed E-state index contributed by atoms with van der Waals surface area (Å²) in [6.45, 7) is 3.96. The normalized spacial score (nSPS) is 11.6. The average molecular weight is 402 g/mol. The minimum absolute atomic E-state index is 0.0592. The standard InChI is InChI=1S/C20H23FN4O4/c1-13(2)18(24-19(26)14-7-3-4-8-15(14)21)20(27)23-12-11-22-16-9-5-6-10-17(16)25(28)29/h3-10,13,18,22H,11-12H2,1-2H3,(H,23,27)(H,24,26). The third-order valence-electron chi connectivity index (χ3n) is 4.19. The minimum Gasteiger partial charge on any atom is -0.378 e. The van der Waals surface area contributed by atoms with Crippen molar-refractivity contribution in [2.24, 2.45) is 5.92 Å². The summed E-state index contributed by atoms with van der Waals surface area (Å²) in [4.78, 5) is 35.3. The Hall–Kier alpha value is -3.49. The molecule has 0 saturated carbocycles. The van der Waals surface area contributed by atoms with Crippen LogP contribution in [0.1, 0.15) is 24.2 Å². The second kappa shape index (κ2) is 10.2. The van der Waals surface area contributed by atoms with Crippen molar-refractivity contribution in [1.29, 1.82) is 0 Å². The molecule has 0 aliphatic carbocycles. The number of benzene rings is 2. The second-order valence-corrected chi connectivity index (χ2v) is 6.67. The molecule has 2 aromatic carbocycles. The molecule has 0 radical (unpaired) electrons. The van der Waals surface area contributed by atoms with Gasteiger partial charge in [0.05, 0.1) is 10.5 Å². The van der Waals surface area contributed by atoms with Crippen LogP contribution >= 0.6 is 0 Å². The molecule has 8 nitrogen and oxygen atoms in total. The molecule has 1 atom stereocenters. The van der Waals surface area contributed by atoms with E-state index in [0.29, 0.717) is 5.69 Å². The van der Waals surface area contributed by atoms with Crippen molar-refractivity contribution in [2.75, 3.05) is 18.4 Å². The van der Waals surface area contributed by atoms with Crippen LogP contribution in [0.4, 0.5) is 15.8 Å². The molecule has 2 amide bonds. The Balaban J connectivity index is 1.91. The molecule has 0 aliphatic rings. The number of rotatable bonds is 9. The molecular formula is C20H23FN4O4. The molecule has 9 heteroatoms. The quantitative estimate of drug-likeness (QED) is 0.339. The van der Waals surface area contributed by atoms with Gasteiger partial charge >= 0.3 is 0 Å². The molecule has 0 saturated heterocycles. The first-order valence-corrected chi connectivity index (χ1v) is 9.11. The van der Waals surface area contributed by atoms with Gasteiger partial charge in [-0.15, -0.1) is 0 Å². The lowest BCUT2D eigenvalue weighted by Crippen LogP contribution is -2.50. The van der Waals surface area contributed by atoms with Crippen LogP contribution in [0.3, 0.4) is 0 Å². The largest absolute Gasteiger partial charge is 0.378 e. The van der Waals surface area contributed by atoms with E-state index < -0.39 is 28.6 Å². The van der Waals surface area contributed by atoms with Crippen LogP contribution in [-0.4, -0.2) is 35.9 Å². The van der Waals surface area contributed by atoms with Gasteiger partial charge in [-0.05, 0) is 24.1 Å². The summed E-state index contributed by atoms with van der Waals surface area (Å²) in [5.41, 5.74) is 0.153. The SMILES string of the molecule is CC(C)C(NC(=O)c1ccccc1F)C(=O)NCCNc1ccccc1[N+](=O)[O-]. The molecule has 2 rings (SSSR count). The molecule has 1 unspecified atom stereocenters.